The molecule has 2 heterocycles. The zero-order chi connectivity index (χ0) is 14.8. The molecule has 0 aliphatic rings. The van der Waals surface area contributed by atoms with Crippen LogP contribution in [0, 0.1) is 0 Å². The van der Waals surface area contributed by atoms with Crippen molar-refractivity contribution in [1.29, 1.82) is 0 Å². The molecule has 5 heteroatoms. The Morgan fingerprint density at radius 2 is 1.81 bits per heavy atom. The van der Waals surface area contributed by atoms with Crippen LogP contribution in [0.25, 0.3) is 22.1 Å². The molecule has 0 saturated carbocycles. The van der Waals surface area contributed by atoms with Crippen LogP contribution in [0.3, 0.4) is 0 Å². The topological polar surface area (TPSA) is 61.6 Å². The molecule has 106 valence electrons. The molecule has 2 aromatic heterocycles. The number of nitrogens with zero attached hydrogens (tertiary/aromatic N) is 1. The van der Waals surface area contributed by atoms with Crippen LogP contribution in [0.1, 0.15) is 0 Å². The third-order valence-electron chi connectivity index (χ3n) is 3.21. The fraction of sp³-hybridized carbons (Fsp3) is 0.125. The van der Waals surface area contributed by atoms with Crippen molar-refractivity contribution in [3.05, 3.63) is 52.9 Å². The first-order chi connectivity index (χ1) is 10.2. The first-order valence-electron chi connectivity index (χ1n) is 6.34. The van der Waals surface area contributed by atoms with E-state index in [0.29, 0.717) is 33.9 Å². The maximum absolute atomic E-state index is 12.6. The minimum Gasteiger partial charge on any atom is -0.481 e. The minimum absolute atomic E-state index is 0.123. The Hall–Kier alpha value is -2.82. The number of para-hydroxylation sites is 1. The van der Waals surface area contributed by atoms with Gasteiger partial charge >= 0.3 is 0 Å². The number of ether oxygens (including phenoxy) is 2. The van der Waals surface area contributed by atoms with Crippen LogP contribution in [0.15, 0.2) is 51.9 Å². The molecule has 0 unspecified atom stereocenters. The van der Waals surface area contributed by atoms with E-state index < -0.39 is 0 Å². The number of methoxy groups -OCH3 is 2. The molecule has 0 amide bonds. The molecule has 0 atom stereocenters. The van der Waals surface area contributed by atoms with Crippen LogP contribution in [-0.2, 0) is 0 Å². The summed E-state index contributed by atoms with van der Waals surface area (Å²) in [6.45, 7) is 0. The van der Waals surface area contributed by atoms with Gasteiger partial charge in [-0.25, -0.2) is 0 Å². The summed E-state index contributed by atoms with van der Waals surface area (Å²) in [6, 6.07) is 10.5. The Labute approximate surface area is 120 Å². The van der Waals surface area contributed by atoms with Crippen LogP contribution in [0.5, 0.6) is 11.8 Å². The lowest BCUT2D eigenvalue weighted by Gasteiger charge is -2.08. The van der Waals surface area contributed by atoms with Gasteiger partial charge in [-0.1, -0.05) is 12.1 Å². The number of benzene rings is 1. The lowest BCUT2D eigenvalue weighted by atomic mass is 10.1. The van der Waals surface area contributed by atoms with Crippen molar-refractivity contribution in [2.24, 2.45) is 0 Å². The first-order valence-corrected chi connectivity index (χ1v) is 6.34. The number of aromatic nitrogens is 1. The molecular formula is C16H13NO4. The lowest BCUT2D eigenvalue weighted by Crippen LogP contribution is -2.06. The molecule has 0 radical (unpaired) electrons. The molecule has 21 heavy (non-hydrogen) atoms. The number of pyridine rings is 1. The number of fused-ring (bicyclic) bond motifs is 1. The van der Waals surface area contributed by atoms with E-state index in [4.69, 9.17) is 13.9 Å². The van der Waals surface area contributed by atoms with Gasteiger partial charge in [-0.2, -0.15) is 4.98 Å². The zero-order valence-corrected chi connectivity index (χ0v) is 11.6. The van der Waals surface area contributed by atoms with Gasteiger partial charge in [0.05, 0.1) is 30.7 Å². The first kappa shape index (κ1) is 13.2. The lowest BCUT2D eigenvalue weighted by molar-refractivity contribution is 0.365. The van der Waals surface area contributed by atoms with E-state index in [1.54, 1.807) is 30.3 Å². The van der Waals surface area contributed by atoms with Crippen molar-refractivity contribution < 1.29 is 13.9 Å². The molecule has 0 spiro atoms. The summed E-state index contributed by atoms with van der Waals surface area (Å²) < 4.78 is 15.8. The Morgan fingerprint density at radius 3 is 2.57 bits per heavy atom. The van der Waals surface area contributed by atoms with E-state index in [1.807, 2.05) is 6.07 Å². The quantitative estimate of drug-likeness (QED) is 0.739. The van der Waals surface area contributed by atoms with E-state index in [-0.39, 0.29) is 5.43 Å². The number of rotatable bonds is 3. The maximum atomic E-state index is 12.6. The van der Waals surface area contributed by atoms with Crippen molar-refractivity contribution >= 4 is 11.0 Å². The van der Waals surface area contributed by atoms with E-state index in [2.05, 4.69) is 4.98 Å². The van der Waals surface area contributed by atoms with Crippen molar-refractivity contribution in [2.75, 3.05) is 14.2 Å². The average molecular weight is 283 g/mol. The SMILES string of the molecule is COc1ccc(-c2coc3ccccc3c2=O)c(OC)n1. The summed E-state index contributed by atoms with van der Waals surface area (Å²) in [5.74, 6) is 0.734. The second-order valence-electron chi connectivity index (χ2n) is 4.39. The van der Waals surface area contributed by atoms with Crippen molar-refractivity contribution in [1.82, 2.24) is 4.98 Å². The Balaban J connectivity index is 2.25. The van der Waals surface area contributed by atoms with Crippen molar-refractivity contribution in [3.63, 3.8) is 0 Å². The molecule has 0 N–H and O–H groups in total. The number of hydrogen-bond acceptors (Lipinski definition) is 5. The van der Waals surface area contributed by atoms with Crippen LogP contribution >= 0.6 is 0 Å². The molecule has 1 aromatic carbocycles. The summed E-state index contributed by atoms with van der Waals surface area (Å²) >= 11 is 0. The van der Waals surface area contributed by atoms with Gasteiger partial charge in [0.15, 0.2) is 0 Å². The van der Waals surface area contributed by atoms with Gasteiger partial charge in [0, 0.05) is 6.07 Å². The predicted molar refractivity (Wildman–Crippen MR) is 78.8 cm³/mol. The van der Waals surface area contributed by atoms with Gasteiger partial charge in [-0.3, -0.25) is 4.79 Å². The average Bonchev–Trinajstić information content (AvgIpc) is 2.55. The molecule has 0 bridgehead atoms. The van der Waals surface area contributed by atoms with Crippen LogP contribution < -0.4 is 14.9 Å². The number of hydrogen-bond donors (Lipinski definition) is 0. The van der Waals surface area contributed by atoms with Gasteiger partial charge in [0.1, 0.15) is 11.8 Å². The third kappa shape index (κ3) is 2.23. The van der Waals surface area contributed by atoms with E-state index in [9.17, 15) is 4.79 Å². The van der Waals surface area contributed by atoms with Crippen LogP contribution in [-0.4, -0.2) is 19.2 Å². The van der Waals surface area contributed by atoms with E-state index in [1.165, 1.54) is 20.5 Å². The summed E-state index contributed by atoms with van der Waals surface area (Å²) in [6.07, 6.45) is 1.43. The molecule has 3 aromatic rings. The second kappa shape index (κ2) is 5.28. The molecule has 0 aliphatic heterocycles. The van der Waals surface area contributed by atoms with E-state index in [0.717, 1.165) is 0 Å². The van der Waals surface area contributed by atoms with Gasteiger partial charge in [0.2, 0.25) is 17.2 Å². The molecular weight excluding hydrogens is 270 g/mol. The van der Waals surface area contributed by atoms with Gasteiger partial charge in [-0.15, -0.1) is 0 Å². The zero-order valence-electron chi connectivity index (χ0n) is 11.6. The Bertz CT molecular complexity index is 854. The molecule has 3 rings (SSSR count). The molecule has 5 nitrogen and oxygen atoms in total. The smallest absolute Gasteiger partial charge is 0.224 e. The maximum Gasteiger partial charge on any atom is 0.224 e. The highest BCUT2D eigenvalue weighted by atomic mass is 16.5. The normalized spacial score (nSPS) is 10.6. The highest BCUT2D eigenvalue weighted by Gasteiger charge is 2.15. The fourth-order valence-electron chi connectivity index (χ4n) is 2.16. The van der Waals surface area contributed by atoms with Gasteiger partial charge in [0.25, 0.3) is 0 Å². The monoisotopic (exact) mass is 283 g/mol. The molecule has 0 saturated heterocycles. The predicted octanol–water partition coefficient (Wildman–Crippen LogP) is 2.87. The highest BCUT2D eigenvalue weighted by Crippen LogP contribution is 2.29. The van der Waals surface area contributed by atoms with Gasteiger partial charge in [-0.05, 0) is 18.2 Å². The van der Waals surface area contributed by atoms with Crippen molar-refractivity contribution in [2.45, 2.75) is 0 Å². The molecule has 0 aliphatic carbocycles. The highest BCUT2D eigenvalue weighted by molar-refractivity contribution is 5.82. The Morgan fingerprint density at radius 1 is 1.00 bits per heavy atom. The fourth-order valence-corrected chi connectivity index (χ4v) is 2.16. The third-order valence-corrected chi connectivity index (χ3v) is 3.21. The summed E-state index contributed by atoms with van der Waals surface area (Å²) in [5.41, 5.74) is 1.40. The summed E-state index contributed by atoms with van der Waals surface area (Å²) in [7, 11) is 3.01. The summed E-state index contributed by atoms with van der Waals surface area (Å²) in [5, 5.41) is 0.521. The van der Waals surface area contributed by atoms with Crippen molar-refractivity contribution in [3.8, 4) is 22.9 Å². The summed E-state index contributed by atoms with van der Waals surface area (Å²) in [4.78, 5) is 16.8. The second-order valence-corrected chi connectivity index (χ2v) is 4.39. The Kier molecular flexibility index (Phi) is 3.31. The standard InChI is InChI=1S/C16H13NO4/c1-19-14-8-7-10(16(17-14)20-2)12-9-21-13-6-4-3-5-11(13)15(12)18/h3-9H,1-2H3. The largest absolute Gasteiger partial charge is 0.481 e. The molecule has 0 fully saturated rings. The van der Waals surface area contributed by atoms with Gasteiger partial charge < -0.3 is 13.9 Å². The minimum atomic E-state index is -0.123. The van der Waals surface area contributed by atoms with E-state index >= 15 is 0 Å². The van der Waals surface area contributed by atoms with Crippen LogP contribution in [0.2, 0.25) is 0 Å². The van der Waals surface area contributed by atoms with Crippen LogP contribution in [0.4, 0.5) is 0 Å².